The fraction of sp³-hybridized carbons (Fsp3) is 0.0714. The van der Waals surface area contributed by atoms with Crippen molar-refractivity contribution in [2.24, 2.45) is 0 Å². The zero-order chi connectivity index (χ0) is 12.7. The average Bonchev–Trinajstić information content (AvgIpc) is 2.34. The first-order valence-electron chi connectivity index (χ1n) is 5.08. The first kappa shape index (κ1) is 12.8. The molecule has 0 radical (unpaired) electrons. The van der Waals surface area contributed by atoms with Gasteiger partial charge in [0.1, 0.15) is 12.4 Å². The largest absolute Gasteiger partial charge is 0.489 e. The Labute approximate surface area is 100 Å². The lowest BCUT2D eigenvalue weighted by Gasteiger charge is -2.08. The highest BCUT2D eigenvalue weighted by atomic mass is 16.5. The van der Waals surface area contributed by atoms with Gasteiger partial charge in [0.05, 0.1) is 5.56 Å². The second kappa shape index (κ2) is 6.33. The van der Waals surface area contributed by atoms with Crippen LogP contribution in [0.15, 0.2) is 61.4 Å². The molecule has 0 aliphatic carbocycles. The highest BCUT2D eigenvalue weighted by Gasteiger charge is 2.08. The lowest BCUT2D eigenvalue weighted by atomic mass is 10.1. The van der Waals surface area contributed by atoms with Crippen LogP contribution in [-0.4, -0.2) is 11.1 Å². The van der Waals surface area contributed by atoms with E-state index in [1.165, 1.54) is 0 Å². The predicted molar refractivity (Wildman–Crippen MR) is 66.7 cm³/mol. The number of benzene rings is 1. The molecule has 0 unspecified atom stereocenters. The van der Waals surface area contributed by atoms with Gasteiger partial charge in [-0.3, -0.25) is 0 Å². The zero-order valence-electron chi connectivity index (χ0n) is 9.43. The third kappa shape index (κ3) is 3.65. The highest BCUT2D eigenvalue weighted by Crippen LogP contribution is 2.12. The van der Waals surface area contributed by atoms with E-state index in [2.05, 4.69) is 13.2 Å². The zero-order valence-corrected chi connectivity index (χ0v) is 9.43. The van der Waals surface area contributed by atoms with Crippen molar-refractivity contribution in [1.29, 1.82) is 0 Å². The molecule has 3 nitrogen and oxygen atoms in total. The van der Waals surface area contributed by atoms with Crippen LogP contribution in [0.1, 0.15) is 15.9 Å². The van der Waals surface area contributed by atoms with Gasteiger partial charge in [0.2, 0.25) is 0 Å². The number of hydrogen-bond donors (Lipinski definition) is 1. The molecule has 88 valence electrons. The Morgan fingerprint density at radius 3 is 2.65 bits per heavy atom. The second-order valence-corrected chi connectivity index (χ2v) is 3.26. The Kier molecular flexibility index (Phi) is 4.76. The molecule has 1 aromatic carbocycles. The van der Waals surface area contributed by atoms with Gasteiger partial charge in [-0.1, -0.05) is 37.4 Å². The second-order valence-electron chi connectivity index (χ2n) is 3.26. The van der Waals surface area contributed by atoms with Gasteiger partial charge < -0.3 is 9.84 Å². The molecule has 0 fully saturated rings. The molecule has 0 bridgehead atoms. The summed E-state index contributed by atoms with van der Waals surface area (Å²) in [6, 6.07) is 6.72. The smallest absolute Gasteiger partial charge is 0.336 e. The van der Waals surface area contributed by atoms with E-state index in [1.54, 1.807) is 42.5 Å². The van der Waals surface area contributed by atoms with E-state index in [9.17, 15) is 4.79 Å². The molecule has 0 aliphatic rings. The van der Waals surface area contributed by atoms with E-state index in [1.807, 2.05) is 0 Å². The molecule has 0 heterocycles. The summed E-state index contributed by atoms with van der Waals surface area (Å²) in [4.78, 5) is 11.0. The summed E-state index contributed by atoms with van der Waals surface area (Å²) < 4.78 is 5.42. The van der Waals surface area contributed by atoms with Gasteiger partial charge in [-0.05, 0) is 18.2 Å². The number of carboxylic acids is 1. The summed E-state index contributed by atoms with van der Waals surface area (Å²) in [5.74, 6) is -0.405. The Hall–Kier alpha value is -2.29. The van der Waals surface area contributed by atoms with Gasteiger partial charge in [0, 0.05) is 5.56 Å². The van der Waals surface area contributed by atoms with Gasteiger partial charge >= 0.3 is 5.97 Å². The molecule has 1 aromatic rings. The maximum Gasteiger partial charge on any atom is 0.336 e. The topological polar surface area (TPSA) is 46.5 Å². The van der Waals surface area contributed by atoms with Crippen LogP contribution in [0.2, 0.25) is 0 Å². The predicted octanol–water partition coefficient (Wildman–Crippen LogP) is 3.16. The molecule has 0 saturated carbocycles. The van der Waals surface area contributed by atoms with E-state index in [0.29, 0.717) is 11.3 Å². The van der Waals surface area contributed by atoms with Crippen LogP contribution < -0.4 is 0 Å². The van der Waals surface area contributed by atoms with Crippen LogP contribution in [0, 0.1) is 0 Å². The molecule has 0 amide bonds. The van der Waals surface area contributed by atoms with E-state index in [0.717, 1.165) is 0 Å². The maximum atomic E-state index is 11.0. The van der Waals surface area contributed by atoms with E-state index in [-0.39, 0.29) is 12.2 Å². The lowest BCUT2D eigenvalue weighted by Crippen LogP contribution is -2.03. The summed E-state index contributed by atoms with van der Waals surface area (Å²) in [5, 5.41) is 8.98. The standard InChI is InChI=1S/C14H14O3/c1-3-7-12(4-2)17-10-11-8-5-6-9-13(11)14(15)16/h3-9H,1-2,10H2,(H,15,16)/b12-7+. The SMILES string of the molecule is C=C/C=C(\C=C)OCc1ccccc1C(=O)O. The van der Waals surface area contributed by atoms with Gasteiger partial charge in [0.15, 0.2) is 0 Å². The number of carbonyl (C=O) groups is 1. The minimum atomic E-state index is -0.961. The van der Waals surface area contributed by atoms with Gasteiger partial charge in [-0.25, -0.2) is 4.79 Å². The van der Waals surface area contributed by atoms with Crippen LogP contribution in [0.5, 0.6) is 0 Å². The maximum absolute atomic E-state index is 11.0. The summed E-state index contributed by atoms with van der Waals surface area (Å²) >= 11 is 0. The first-order valence-corrected chi connectivity index (χ1v) is 5.08. The normalized spacial score (nSPS) is 10.7. The number of aromatic carboxylic acids is 1. The van der Waals surface area contributed by atoms with E-state index >= 15 is 0 Å². The third-order valence-corrected chi connectivity index (χ3v) is 2.13. The monoisotopic (exact) mass is 230 g/mol. The van der Waals surface area contributed by atoms with Crippen molar-refractivity contribution in [3.8, 4) is 0 Å². The first-order chi connectivity index (χ1) is 8.19. The molecule has 0 spiro atoms. The summed E-state index contributed by atoms with van der Waals surface area (Å²) in [6.07, 6.45) is 4.79. The van der Waals surface area contributed by atoms with Crippen molar-refractivity contribution in [3.63, 3.8) is 0 Å². The number of rotatable bonds is 6. The molecule has 1 N–H and O–H groups in total. The molecular weight excluding hydrogens is 216 g/mol. The molecule has 0 atom stereocenters. The molecule has 0 aliphatic heterocycles. The number of carboxylic acid groups (broad SMARTS) is 1. The Bertz CT molecular complexity index is 458. The van der Waals surface area contributed by atoms with E-state index < -0.39 is 5.97 Å². The lowest BCUT2D eigenvalue weighted by molar-refractivity contribution is 0.0692. The summed E-state index contributed by atoms with van der Waals surface area (Å²) in [6.45, 7) is 7.33. The van der Waals surface area contributed by atoms with Crippen LogP contribution >= 0.6 is 0 Å². The number of hydrogen-bond acceptors (Lipinski definition) is 2. The van der Waals surface area contributed by atoms with Crippen LogP contribution in [-0.2, 0) is 11.3 Å². The molecule has 3 heteroatoms. The van der Waals surface area contributed by atoms with Crippen molar-refractivity contribution in [1.82, 2.24) is 0 Å². The van der Waals surface area contributed by atoms with Crippen molar-refractivity contribution in [3.05, 3.63) is 72.5 Å². The van der Waals surface area contributed by atoms with E-state index in [4.69, 9.17) is 9.84 Å². The molecule has 0 saturated heterocycles. The minimum Gasteiger partial charge on any atom is -0.489 e. The number of ether oxygens (including phenoxy) is 1. The Morgan fingerprint density at radius 1 is 1.35 bits per heavy atom. The van der Waals surface area contributed by atoms with Crippen LogP contribution in [0.25, 0.3) is 0 Å². The molecule has 17 heavy (non-hydrogen) atoms. The van der Waals surface area contributed by atoms with Crippen molar-refractivity contribution in [2.75, 3.05) is 0 Å². The van der Waals surface area contributed by atoms with Crippen molar-refractivity contribution < 1.29 is 14.6 Å². The number of allylic oxidation sites excluding steroid dienone is 3. The fourth-order valence-corrected chi connectivity index (χ4v) is 1.31. The summed E-state index contributed by atoms with van der Waals surface area (Å²) in [7, 11) is 0. The molecular formula is C14H14O3. The fourth-order valence-electron chi connectivity index (χ4n) is 1.31. The van der Waals surface area contributed by atoms with Gasteiger partial charge in [-0.15, -0.1) is 0 Å². The quantitative estimate of drug-likeness (QED) is 0.603. The molecule has 1 rings (SSSR count). The van der Waals surface area contributed by atoms with Crippen LogP contribution in [0.3, 0.4) is 0 Å². The Morgan fingerprint density at radius 2 is 2.06 bits per heavy atom. The van der Waals surface area contributed by atoms with Gasteiger partial charge in [0.25, 0.3) is 0 Å². The minimum absolute atomic E-state index is 0.189. The van der Waals surface area contributed by atoms with Crippen molar-refractivity contribution in [2.45, 2.75) is 6.61 Å². The van der Waals surface area contributed by atoms with Crippen LogP contribution in [0.4, 0.5) is 0 Å². The van der Waals surface area contributed by atoms with Crippen molar-refractivity contribution >= 4 is 5.97 Å². The highest BCUT2D eigenvalue weighted by molar-refractivity contribution is 5.89. The molecule has 0 aromatic heterocycles. The Balaban J connectivity index is 2.82. The third-order valence-electron chi connectivity index (χ3n) is 2.13. The summed E-state index contributed by atoms with van der Waals surface area (Å²) in [5.41, 5.74) is 0.867. The van der Waals surface area contributed by atoms with Gasteiger partial charge in [-0.2, -0.15) is 0 Å². The average molecular weight is 230 g/mol.